The van der Waals surface area contributed by atoms with Gasteiger partial charge in [0.05, 0.1) is 24.0 Å². The number of benzene rings is 2. The fourth-order valence-electron chi connectivity index (χ4n) is 3.86. The molecule has 0 radical (unpaired) electrons. The number of rotatable bonds is 3. The van der Waals surface area contributed by atoms with Gasteiger partial charge in [0.2, 0.25) is 0 Å². The van der Waals surface area contributed by atoms with Gasteiger partial charge in [0.25, 0.3) is 5.56 Å². The lowest BCUT2D eigenvalue weighted by atomic mass is 10.0. The first-order chi connectivity index (χ1) is 16.1. The minimum absolute atomic E-state index is 0.0567. The van der Waals surface area contributed by atoms with Crippen LogP contribution in [0, 0.1) is 13.8 Å². The fraction of sp³-hybridized carbons (Fsp3) is 0.167. The molecule has 0 aliphatic heterocycles. The van der Waals surface area contributed by atoms with E-state index in [0.717, 1.165) is 23.3 Å². The van der Waals surface area contributed by atoms with Crippen molar-refractivity contribution in [3.8, 4) is 5.69 Å². The van der Waals surface area contributed by atoms with Gasteiger partial charge in [-0.25, -0.2) is 14.5 Å². The zero-order valence-corrected chi connectivity index (χ0v) is 18.1. The summed E-state index contributed by atoms with van der Waals surface area (Å²) in [5.41, 5.74) is 1.44. The molecule has 0 bridgehead atoms. The van der Waals surface area contributed by atoms with Crippen molar-refractivity contribution < 1.29 is 17.6 Å². The fourth-order valence-corrected chi connectivity index (χ4v) is 3.86. The standard InChI is InChI=1S/C24H17F3N4O3/c1-13-6-18-15(8-21(32)34-20(18)7-14(13)2)11-30-12-28-22-19(23(30)33)10-29-31(22)17-5-3-4-16(9-17)24(25,26)27/h3-10,12H,11H2,1-2H3. The highest BCUT2D eigenvalue weighted by molar-refractivity contribution is 5.82. The summed E-state index contributed by atoms with van der Waals surface area (Å²) in [5, 5.41) is 4.93. The highest BCUT2D eigenvalue weighted by atomic mass is 19.4. The first kappa shape index (κ1) is 21.6. The van der Waals surface area contributed by atoms with E-state index in [9.17, 15) is 22.8 Å². The molecule has 5 aromatic rings. The van der Waals surface area contributed by atoms with Gasteiger partial charge >= 0.3 is 11.8 Å². The third kappa shape index (κ3) is 3.66. The SMILES string of the molecule is Cc1cc2oc(=O)cc(Cn3cnc4c(cnn4-c4cccc(C(F)(F)F)c4)c3=O)c2cc1C. The summed E-state index contributed by atoms with van der Waals surface area (Å²) in [4.78, 5) is 29.5. The minimum atomic E-state index is -4.51. The highest BCUT2D eigenvalue weighted by Crippen LogP contribution is 2.30. The molecule has 3 heterocycles. The van der Waals surface area contributed by atoms with Gasteiger partial charge in [-0.2, -0.15) is 18.3 Å². The lowest BCUT2D eigenvalue weighted by Gasteiger charge is -2.11. The molecule has 2 aromatic carbocycles. The van der Waals surface area contributed by atoms with E-state index in [4.69, 9.17) is 4.42 Å². The van der Waals surface area contributed by atoms with Crippen LogP contribution >= 0.6 is 0 Å². The molecule has 0 unspecified atom stereocenters. The summed E-state index contributed by atoms with van der Waals surface area (Å²) in [6.07, 6.45) is -1.95. The molecular weight excluding hydrogens is 449 g/mol. The predicted octanol–water partition coefficient (Wildman–Crippen LogP) is 4.37. The Morgan fingerprint density at radius 1 is 1.00 bits per heavy atom. The van der Waals surface area contributed by atoms with Gasteiger partial charge < -0.3 is 4.42 Å². The van der Waals surface area contributed by atoms with E-state index in [1.807, 2.05) is 19.9 Å². The van der Waals surface area contributed by atoms with Crippen LogP contribution < -0.4 is 11.2 Å². The third-order valence-electron chi connectivity index (χ3n) is 5.76. The highest BCUT2D eigenvalue weighted by Gasteiger charge is 2.30. The van der Waals surface area contributed by atoms with E-state index in [1.54, 1.807) is 6.07 Å². The first-order valence-corrected chi connectivity index (χ1v) is 10.3. The summed E-state index contributed by atoms with van der Waals surface area (Å²) in [7, 11) is 0. The van der Waals surface area contributed by atoms with Crippen molar-refractivity contribution in [2.45, 2.75) is 26.6 Å². The van der Waals surface area contributed by atoms with Gasteiger partial charge in [0.1, 0.15) is 17.3 Å². The monoisotopic (exact) mass is 466 g/mol. The number of aryl methyl sites for hydroxylation is 2. The Balaban J connectivity index is 1.60. The maximum absolute atomic E-state index is 13.1. The summed E-state index contributed by atoms with van der Waals surface area (Å²) in [5.74, 6) is 0. The van der Waals surface area contributed by atoms with Crippen molar-refractivity contribution in [1.82, 2.24) is 19.3 Å². The van der Waals surface area contributed by atoms with E-state index in [2.05, 4.69) is 10.1 Å². The molecule has 0 spiro atoms. The van der Waals surface area contributed by atoms with Gasteiger partial charge in [-0.05, 0) is 60.9 Å². The molecule has 0 aliphatic carbocycles. The Kier molecular flexibility index (Phi) is 4.89. The van der Waals surface area contributed by atoms with E-state index < -0.39 is 22.9 Å². The van der Waals surface area contributed by atoms with Gasteiger partial charge in [0, 0.05) is 11.5 Å². The Labute approximate surface area is 189 Å². The topological polar surface area (TPSA) is 82.9 Å². The average Bonchev–Trinajstić information content (AvgIpc) is 3.21. The quantitative estimate of drug-likeness (QED) is 0.369. The smallest absolute Gasteiger partial charge is 0.416 e. The van der Waals surface area contributed by atoms with Crippen molar-refractivity contribution in [1.29, 1.82) is 0 Å². The van der Waals surface area contributed by atoms with Gasteiger partial charge in [-0.15, -0.1) is 0 Å². The number of hydrogen-bond donors (Lipinski definition) is 0. The average molecular weight is 466 g/mol. The molecule has 7 nitrogen and oxygen atoms in total. The molecule has 5 rings (SSSR count). The molecule has 0 fully saturated rings. The summed E-state index contributed by atoms with van der Waals surface area (Å²) in [6, 6.07) is 9.63. The number of nitrogens with zero attached hydrogens (tertiary/aromatic N) is 4. The first-order valence-electron chi connectivity index (χ1n) is 10.3. The number of aromatic nitrogens is 4. The molecule has 0 saturated heterocycles. The maximum atomic E-state index is 13.1. The van der Waals surface area contributed by atoms with Crippen LogP contribution in [0.5, 0.6) is 0 Å². The summed E-state index contributed by atoms with van der Waals surface area (Å²) in [6.45, 7) is 3.90. The summed E-state index contributed by atoms with van der Waals surface area (Å²) >= 11 is 0. The van der Waals surface area contributed by atoms with E-state index >= 15 is 0 Å². The number of hydrogen-bond acceptors (Lipinski definition) is 5. The van der Waals surface area contributed by atoms with Crippen molar-refractivity contribution in [3.63, 3.8) is 0 Å². The minimum Gasteiger partial charge on any atom is -0.423 e. The Morgan fingerprint density at radius 2 is 1.76 bits per heavy atom. The van der Waals surface area contributed by atoms with E-state index in [1.165, 1.54) is 40.0 Å². The lowest BCUT2D eigenvalue weighted by Crippen LogP contribution is -2.22. The predicted molar refractivity (Wildman–Crippen MR) is 119 cm³/mol. The van der Waals surface area contributed by atoms with Crippen LogP contribution in [0.2, 0.25) is 0 Å². The van der Waals surface area contributed by atoms with Crippen LogP contribution in [0.25, 0.3) is 27.7 Å². The molecule has 0 N–H and O–H groups in total. The number of halogens is 3. The number of alkyl halides is 3. The zero-order valence-electron chi connectivity index (χ0n) is 18.1. The van der Waals surface area contributed by atoms with Gasteiger partial charge in [-0.3, -0.25) is 9.36 Å². The third-order valence-corrected chi connectivity index (χ3v) is 5.76. The normalized spacial score (nSPS) is 12.0. The molecule has 0 saturated carbocycles. The lowest BCUT2D eigenvalue weighted by molar-refractivity contribution is -0.137. The van der Waals surface area contributed by atoms with Crippen molar-refractivity contribution in [3.05, 3.63) is 98.0 Å². The molecule has 10 heteroatoms. The largest absolute Gasteiger partial charge is 0.423 e. The Bertz CT molecular complexity index is 1700. The second-order valence-corrected chi connectivity index (χ2v) is 8.04. The number of fused-ring (bicyclic) bond motifs is 2. The molecule has 0 amide bonds. The molecule has 0 aliphatic rings. The van der Waals surface area contributed by atoms with Gasteiger partial charge in [-0.1, -0.05) is 6.07 Å². The van der Waals surface area contributed by atoms with Crippen molar-refractivity contribution in [2.24, 2.45) is 0 Å². The van der Waals surface area contributed by atoms with Crippen molar-refractivity contribution >= 4 is 22.0 Å². The van der Waals surface area contributed by atoms with Gasteiger partial charge in [0.15, 0.2) is 5.65 Å². The Hall–Kier alpha value is -4.21. The molecule has 172 valence electrons. The molecule has 3 aromatic heterocycles. The van der Waals surface area contributed by atoms with Crippen LogP contribution in [0.3, 0.4) is 0 Å². The zero-order chi connectivity index (χ0) is 24.2. The van der Waals surface area contributed by atoms with Crippen LogP contribution in [-0.2, 0) is 12.7 Å². The van der Waals surface area contributed by atoms with Crippen LogP contribution in [0.1, 0.15) is 22.3 Å². The molecule has 34 heavy (non-hydrogen) atoms. The van der Waals surface area contributed by atoms with E-state index in [0.29, 0.717) is 16.5 Å². The molecular formula is C24H17F3N4O3. The maximum Gasteiger partial charge on any atom is 0.416 e. The van der Waals surface area contributed by atoms with Crippen LogP contribution in [-0.4, -0.2) is 19.3 Å². The second-order valence-electron chi connectivity index (χ2n) is 8.04. The van der Waals surface area contributed by atoms with Crippen molar-refractivity contribution in [2.75, 3.05) is 0 Å². The van der Waals surface area contributed by atoms with Crippen LogP contribution in [0.4, 0.5) is 13.2 Å². The second kappa shape index (κ2) is 7.68. The van der Waals surface area contributed by atoms with Crippen LogP contribution in [0.15, 0.2) is 69.0 Å². The molecule has 0 atom stereocenters. The Morgan fingerprint density at radius 3 is 2.53 bits per heavy atom. The summed E-state index contributed by atoms with van der Waals surface area (Å²) < 4.78 is 47.1. The van der Waals surface area contributed by atoms with E-state index in [-0.39, 0.29) is 23.3 Å².